The molecule has 34 heavy (non-hydrogen) atoms. The molecule has 1 saturated carbocycles. The van der Waals surface area contributed by atoms with Crippen LogP contribution in [0.4, 0.5) is 14.5 Å². The van der Waals surface area contributed by atoms with Crippen molar-refractivity contribution in [3.63, 3.8) is 0 Å². The Kier molecular flexibility index (Phi) is 5.66. The number of alkyl halides is 2. The molecule has 5 rings (SSSR count). The van der Waals surface area contributed by atoms with E-state index in [1.165, 1.54) is 0 Å². The molecule has 2 aromatic heterocycles. The monoisotopic (exact) mass is 511 g/mol. The van der Waals surface area contributed by atoms with E-state index in [9.17, 15) is 17.2 Å². The van der Waals surface area contributed by atoms with E-state index < -0.39 is 27.0 Å². The zero-order valence-corrected chi connectivity index (χ0v) is 21.0. The lowest BCUT2D eigenvalue weighted by molar-refractivity contribution is 0.150. The molecule has 1 aromatic carbocycles. The van der Waals surface area contributed by atoms with Crippen molar-refractivity contribution in [3.8, 4) is 5.13 Å². The number of rotatable bonds is 6. The van der Waals surface area contributed by atoms with Crippen molar-refractivity contribution >= 4 is 38.1 Å². The molecule has 2 N–H and O–H groups in total. The maximum Gasteiger partial charge on any atom is 0.291 e. The van der Waals surface area contributed by atoms with Crippen LogP contribution in [0.15, 0.2) is 17.0 Å². The fraction of sp³-hybridized carbons (Fsp3) is 0.571. The van der Waals surface area contributed by atoms with Gasteiger partial charge in [-0.2, -0.15) is 0 Å². The van der Waals surface area contributed by atoms with Crippen molar-refractivity contribution in [2.75, 3.05) is 18.0 Å². The predicted molar refractivity (Wildman–Crippen MR) is 126 cm³/mol. The van der Waals surface area contributed by atoms with Gasteiger partial charge in [0.05, 0.1) is 16.1 Å². The number of anilines is 1. The summed E-state index contributed by atoms with van der Waals surface area (Å²) in [4.78, 5) is 6.96. The molecule has 2 fully saturated rings. The Morgan fingerprint density at radius 3 is 2.47 bits per heavy atom. The molecule has 3 aromatic rings. The van der Waals surface area contributed by atoms with Crippen molar-refractivity contribution in [1.29, 1.82) is 0 Å². The van der Waals surface area contributed by atoms with E-state index in [1.54, 1.807) is 23.6 Å². The van der Waals surface area contributed by atoms with Crippen LogP contribution in [0, 0.1) is 6.92 Å². The summed E-state index contributed by atoms with van der Waals surface area (Å²) in [6.45, 7) is 9.13. The topological polar surface area (TPSA) is 105 Å². The minimum absolute atomic E-state index is 0.113. The number of benzene rings is 1. The SMILES string of the molecule is Cc1nc2c(N3C[C@H](C)N[C@@H](C)C3)cc(S(=O)(=O)NC3(C)CC3)cc2n1-c1nnc(C(F)F)s1. The zero-order chi connectivity index (χ0) is 24.4. The molecule has 0 amide bonds. The highest BCUT2D eigenvalue weighted by Gasteiger charge is 2.41. The van der Waals surface area contributed by atoms with Crippen LogP contribution in [-0.2, 0) is 10.0 Å². The third-order valence-corrected chi connectivity index (χ3v) is 8.81. The highest BCUT2D eigenvalue weighted by Crippen LogP contribution is 2.38. The number of aryl methyl sites for hydroxylation is 1. The van der Waals surface area contributed by atoms with Gasteiger partial charge in [0.25, 0.3) is 6.43 Å². The molecule has 9 nitrogen and oxygen atoms in total. The Morgan fingerprint density at radius 1 is 1.21 bits per heavy atom. The van der Waals surface area contributed by atoms with Crippen LogP contribution in [0.2, 0.25) is 0 Å². The van der Waals surface area contributed by atoms with E-state index in [0.29, 0.717) is 35.6 Å². The van der Waals surface area contributed by atoms with Crippen molar-refractivity contribution in [2.45, 2.75) is 69.5 Å². The van der Waals surface area contributed by atoms with Crippen LogP contribution < -0.4 is 14.9 Å². The maximum atomic E-state index is 13.3. The van der Waals surface area contributed by atoms with Crippen LogP contribution in [0.5, 0.6) is 0 Å². The maximum absolute atomic E-state index is 13.3. The lowest BCUT2D eigenvalue weighted by Crippen LogP contribution is -2.54. The quantitative estimate of drug-likeness (QED) is 0.524. The molecule has 2 aliphatic rings. The third-order valence-electron chi connectivity index (χ3n) is 6.28. The molecule has 1 aliphatic carbocycles. The molecule has 13 heteroatoms. The van der Waals surface area contributed by atoms with Gasteiger partial charge in [-0.25, -0.2) is 26.9 Å². The van der Waals surface area contributed by atoms with Crippen molar-refractivity contribution in [3.05, 3.63) is 23.0 Å². The molecule has 2 atom stereocenters. The summed E-state index contributed by atoms with van der Waals surface area (Å²) in [5, 5.41) is 10.9. The third kappa shape index (κ3) is 4.30. The van der Waals surface area contributed by atoms with E-state index in [-0.39, 0.29) is 22.1 Å². The molecule has 1 aliphatic heterocycles. The molecule has 0 spiro atoms. The van der Waals surface area contributed by atoms with Crippen molar-refractivity contribution in [2.24, 2.45) is 0 Å². The fourth-order valence-corrected chi connectivity index (χ4v) is 6.75. The first-order valence-electron chi connectivity index (χ1n) is 11.2. The average molecular weight is 512 g/mol. The van der Waals surface area contributed by atoms with Gasteiger partial charge in [-0.15, -0.1) is 10.2 Å². The predicted octanol–water partition coefficient (Wildman–Crippen LogP) is 3.14. The van der Waals surface area contributed by atoms with Gasteiger partial charge in [0.2, 0.25) is 15.2 Å². The minimum Gasteiger partial charge on any atom is -0.367 e. The second-order valence-electron chi connectivity index (χ2n) is 9.57. The summed E-state index contributed by atoms with van der Waals surface area (Å²) in [7, 11) is -3.82. The van der Waals surface area contributed by atoms with Crippen LogP contribution >= 0.6 is 11.3 Å². The fourth-order valence-electron chi connectivity index (χ4n) is 4.49. The van der Waals surface area contributed by atoms with Crippen molar-refractivity contribution < 1.29 is 17.2 Å². The first-order chi connectivity index (χ1) is 16.0. The van der Waals surface area contributed by atoms with Crippen LogP contribution in [0.25, 0.3) is 16.2 Å². The summed E-state index contributed by atoms with van der Waals surface area (Å²) < 4.78 is 57.5. The molecule has 0 bridgehead atoms. The Labute approximate surface area is 200 Å². The smallest absolute Gasteiger partial charge is 0.291 e. The van der Waals surface area contributed by atoms with Gasteiger partial charge >= 0.3 is 0 Å². The first kappa shape index (κ1) is 23.5. The Hall–Kier alpha value is -2.22. The number of fused-ring (bicyclic) bond motifs is 1. The molecule has 184 valence electrons. The zero-order valence-electron chi connectivity index (χ0n) is 19.3. The largest absolute Gasteiger partial charge is 0.367 e. The summed E-state index contributed by atoms with van der Waals surface area (Å²) in [5.41, 5.74) is 1.35. The molecule has 0 radical (unpaired) electrons. The van der Waals surface area contributed by atoms with Gasteiger partial charge in [0.1, 0.15) is 11.3 Å². The number of hydrogen-bond acceptors (Lipinski definition) is 8. The van der Waals surface area contributed by atoms with E-state index in [1.807, 2.05) is 6.92 Å². The standard InChI is InChI=1S/C21H27F2N7O2S2/c1-11-9-29(10-12(2)24-11)15-7-14(34(31,32)28-21(4)5-6-21)8-16-17(15)25-13(3)30(16)20-27-26-19(33-20)18(22)23/h7-8,11-12,18,24,28H,5-6,9-10H2,1-4H3/t11-,12-/m0/s1. The Balaban J connectivity index is 1.71. The highest BCUT2D eigenvalue weighted by atomic mass is 32.2. The number of nitrogens with zero attached hydrogens (tertiary/aromatic N) is 5. The Bertz CT molecular complexity index is 1340. The van der Waals surface area contributed by atoms with Gasteiger partial charge in [0, 0.05) is 30.7 Å². The number of sulfonamides is 1. The van der Waals surface area contributed by atoms with E-state index >= 15 is 0 Å². The highest BCUT2D eigenvalue weighted by molar-refractivity contribution is 7.89. The van der Waals surface area contributed by atoms with E-state index in [0.717, 1.165) is 24.2 Å². The molecular weight excluding hydrogens is 484 g/mol. The first-order valence-corrected chi connectivity index (χ1v) is 13.5. The molecular formula is C21H27F2N7O2S2. The molecule has 0 unspecified atom stereocenters. The number of hydrogen-bond donors (Lipinski definition) is 2. The lowest BCUT2D eigenvalue weighted by atomic mass is 10.1. The summed E-state index contributed by atoms with van der Waals surface area (Å²) >= 11 is 0.765. The van der Waals surface area contributed by atoms with E-state index in [4.69, 9.17) is 4.98 Å². The number of halogens is 2. The molecule has 3 heterocycles. The second-order valence-corrected chi connectivity index (χ2v) is 12.2. The lowest BCUT2D eigenvalue weighted by Gasteiger charge is -2.38. The van der Waals surface area contributed by atoms with Gasteiger partial charge in [-0.1, -0.05) is 11.3 Å². The summed E-state index contributed by atoms with van der Waals surface area (Å²) in [5.74, 6) is 0.515. The van der Waals surface area contributed by atoms with Gasteiger partial charge in [0.15, 0.2) is 5.01 Å². The minimum atomic E-state index is -3.82. The van der Waals surface area contributed by atoms with Crippen LogP contribution in [0.3, 0.4) is 0 Å². The molecule has 1 saturated heterocycles. The van der Waals surface area contributed by atoms with Gasteiger partial charge in [-0.3, -0.25) is 4.57 Å². The normalized spacial score (nSPS) is 22.6. The van der Waals surface area contributed by atoms with Crippen molar-refractivity contribution in [1.82, 2.24) is 29.8 Å². The number of piperazine rings is 1. The van der Waals surface area contributed by atoms with Crippen LogP contribution in [0.1, 0.15) is 50.9 Å². The summed E-state index contributed by atoms with van der Waals surface area (Å²) in [6.07, 6.45) is -1.17. The number of aromatic nitrogens is 4. The number of imidazole rings is 1. The van der Waals surface area contributed by atoms with Gasteiger partial charge in [-0.05, 0) is 52.7 Å². The van der Waals surface area contributed by atoms with Crippen LogP contribution in [-0.4, -0.2) is 58.9 Å². The Morgan fingerprint density at radius 2 is 1.88 bits per heavy atom. The average Bonchev–Trinajstić information content (AvgIpc) is 3.12. The van der Waals surface area contributed by atoms with Gasteiger partial charge < -0.3 is 10.2 Å². The van der Waals surface area contributed by atoms with E-state index in [2.05, 4.69) is 39.0 Å². The second kappa shape index (κ2) is 8.18. The number of nitrogens with one attached hydrogen (secondary N) is 2. The summed E-state index contributed by atoms with van der Waals surface area (Å²) in [6, 6.07) is 3.61.